The van der Waals surface area contributed by atoms with Crippen LogP contribution in [0.3, 0.4) is 0 Å². The van der Waals surface area contributed by atoms with Crippen molar-refractivity contribution in [2.75, 3.05) is 0 Å². The van der Waals surface area contributed by atoms with Gasteiger partial charge in [0.2, 0.25) is 0 Å². The molecule has 2 aromatic heterocycles. The third kappa shape index (κ3) is 6.44. The highest BCUT2D eigenvalue weighted by atomic mass is 32.1. The van der Waals surface area contributed by atoms with Crippen LogP contribution in [0.1, 0.15) is 67.9 Å². The van der Waals surface area contributed by atoms with E-state index in [1.165, 1.54) is 54.8 Å². The molecule has 3 aromatic carbocycles. The number of rotatable bonds is 9. The molecule has 0 aliphatic heterocycles. The molecular formula is C37H48N2SSi. The number of nitrogens with zero attached hydrogens (tertiary/aromatic N) is 2. The summed E-state index contributed by atoms with van der Waals surface area (Å²) in [6, 6.07) is 25.0. The van der Waals surface area contributed by atoms with E-state index in [-0.39, 0.29) is 5.41 Å². The maximum atomic E-state index is 4.98. The maximum Gasteiger partial charge on any atom is 0.116 e. The van der Waals surface area contributed by atoms with E-state index in [2.05, 4.69) is 117 Å². The predicted octanol–water partition coefficient (Wildman–Crippen LogP) is 10.9. The van der Waals surface area contributed by atoms with Crippen LogP contribution in [-0.2, 0) is 6.42 Å². The minimum absolute atomic E-state index is 0.259. The van der Waals surface area contributed by atoms with Crippen molar-refractivity contribution in [2.24, 2.45) is 23.2 Å². The van der Waals surface area contributed by atoms with Gasteiger partial charge in [0, 0.05) is 15.6 Å². The Bertz CT molecular complexity index is 1650. The van der Waals surface area contributed by atoms with Gasteiger partial charge in [0.25, 0.3) is 0 Å². The van der Waals surface area contributed by atoms with Crippen molar-refractivity contribution in [2.45, 2.75) is 86.9 Å². The lowest BCUT2D eigenvalue weighted by Crippen LogP contribution is -2.51. The maximum absolute atomic E-state index is 4.98. The summed E-state index contributed by atoms with van der Waals surface area (Å²) in [4.78, 5) is 9.80. The third-order valence-electron chi connectivity index (χ3n) is 8.15. The quantitative estimate of drug-likeness (QED) is 0.162. The fourth-order valence-electron chi connectivity index (χ4n) is 7.36. The Balaban J connectivity index is 1.76. The normalized spacial score (nSPS) is 13.1. The van der Waals surface area contributed by atoms with Crippen molar-refractivity contribution in [3.05, 3.63) is 66.5 Å². The molecule has 0 saturated heterocycles. The highest BCUT2D eigenvalue weighted by molar-refractivity contribution is 7.26. The van der Waals surface area contributed by atoms with E-state index < -0.39 is 8.07 Å². The van der Waals surface area contributed by atoms with E-state index in [1.54, 1.807) is 11.5 Å². The molecule has 0 atom stereocenters. The van der Waals surface area contributed by atoms with Gasteiger partial charge < -0.3 is 0 Å². The predicted molar refractivity (Wildman–Crippen MR) is 185 cm³/mol. The smallest absolute Gasteiger partial charge is 0.116 e. The Kier molecular flexibility index (Phi) is 8.47. The van der Waals surface area contributed by atoms with Gasteiger partial charge in [-0.05, 0) is 58.1 Å². The summed E-state index contributed by atoms with van der Waals surface area (Å²) in [6.45, 7) is 21.5. The third-order valence-corrected chi connectivity index (χ3v) is 15.7. The van der Waals surface area contributed by atoms with Gasteiger partial charge >= 0.3 is 0 Å². The average Bonchev–Trinajstić information content (AvgIpc) is 3.23. The number of aromatic nitrogens is 2. The SMILES string of the molecule is CC(C)C[Si](CC(C)C)(CC(C)C)c1cc(-c2ncnc3c2sc2cc(CC(C)(C)C)ccc23)cc2ccccc12. The van der Waals surface area contributed by atoms with E-state index in [4.69, 9.17) is 9.97 Å². The summed E-state index contributed by atoms with van der Waals surface area (Å²) in [7, 11) is -1.86. The van der Waals surface area contributed by atoms with E-state index in [0.717, 1.165) is 17.6 Å². The van der Waals surface area contributed by atoms with Gasteiger partial charge in [0.15, 0.2) is 0 Å². The van der Waals surface area contributed by atoms with Crippen LogP contribution < -0.4 is 5.19 Å². The van der Waals surface area contributed by atoms with E-state index in [1.807, 2.05) is 11.3 Å². The Labute approximate surface area is 252 Å². The summed E-state index contributed by atoms with van der Waals surface area (Å²) in [5.41, 5.74) is 5.07. The molecule has 2 nitrogen and oxygen atoms in total. The lowest BCUT2D eigenvalue weighted by molar-refractivity contribution is 0.411. The topological polar surface area (TPSA) is 25.8 Å². The first-order valence-electron chi connectivity index (χ1n) is 15.5. The van der Waals surface area contributed by atoms with Crippen LogP contribution >= 0.6 is 11.3 Å². The summed E-state index contributed by atoms with van der Waals surface area (Å²) in [5, 5.41) is 5.68. The monoisotopic (exact) mass is 580 g/mol. The van der Waals surface area contributed by atoms with Gasteiger partial charge in [0.05, 0.1) is 24.0 Å². The van der Waals surface area contributed by atoms with Crippen molar-refractivity contribution < 1.29 is 0 Å². The summed E-state index contributed by atoms with van der Waals surface area (Å²) in [5.74, 6) is 2.03. The molecule has 0 amide bonds. The summed E-state index contributed by atoms with van der Waals surface area (Å²) >= 11 is 1.86. The number of fused-ring (bicyclic) bond motifs is 4. The average molecular weight is 581 g/mol. The lowest BCUT2D eigenvalue weighted by atomic mass is 9.88. The van der Waals surface area contributed by atoms with Crippen molar-refractivity contribution >= 4 is 55.7 Å². The Hall–Kier alpha value is -2.56. The molecule has 5 rings (SSSR count). The van der Waals surface area contributed by atoms with Crippen molar-refractivity contribution in [3.63, 3.8) is 0 Å². The molecule has 5 aromatic rings. The molecule has 0 radical (unpaired) electrons. The first-order chi connectivity index (χ1) is 19.3. The first kappa shape index (κ1) is 29.9. The van der Waals surface area contributed by atoms with Gasteiger partial charge in [-0.1, -0.05) is 128 Å². The zero-order chi connectivity index (χ0) is 29.5. The fraction of sp³-hybridized carbons (Fsp3) is 0.459. The standard InChI is InChI=1S/C37H48N2SSi/c1-24(2)20-41(21-25(3)4,22-26(5)6)33-18-29(17-28-12-10-11-13-30(28)33)34-36-35(39-23-38-34)31-15-14-27(16-32(31)40-36)19-37(7,8)9/h10-18,23-26H,19-22H2,1-9H3. The van der Waals surface area contributed by atoms with Crippen LogP contribution in [0.15, 0.2) is 60.9 Å². The summed E-state index contributed by atoms with van der Waals surface area (Å²) in [6.07, 6.45) is 2.85. The van der Waals surface area contributed by atoms with Gasteiger partial charge in [-0.15, -0.1) is 11.3 Å². The Morgan fingerprint density at radius 1 is 0.756 bits per heavy atom. The second-order valence-electron chi connectivity index (χ2n) is 14.9. The molecule has 0 aliphatic rings. The van der Waals surface area contributed by atoms with Crippen molar-refractivity contribution in [1.29, 1.82) is 0 Å². The molecule has 4 heteroatoms. The molecule has 0 fully saturated rings. The zero-order valence-corrected chi connectivity index (χ0v) is 28.5. The number of hydrogen-bond donors (Lipinski definition) is 0. The van der Waals surface area contributed by atoms with Gasteiger partial charge in [0.1, 0.15) is 6.33 Å². The second-order valence-corrected chi connectivity index (χ2v) is 20.3. The fourth-order valence-corrected chi connectivity index (χ4v) is 15.7. The highest BCUT2D eigenvalue weighted by Gasteiger charge is 2.38. The molecule has 0 aliphatic carbocycles. The van der Waals surface area contributed by atoms with Crippen LogP contribution in [0.2, 0.25) is 18.1 Å². The minimum atomic E-state index is -1.86. The molecule has 0 N–H and O–H groups in total. The van der Waals surface area contributed by atoms with E-state index in [0.29, 0.717) is 17.8 Å². The van der Waals surface area contributed by atoms with Crippen molar-refractivity contribution in [3.8, 4) is 11.3 Å². The first-order valence-corrected chi connectivity index (χ1v) is 19.0. The molecule has 0 saturated carbocycles. The second kappa shape index (κ2) is 11.6. The molecule has 216 valence electrons. The largest absolute Gasteiger partial charge is 0.235 e. The van der Waals surface area contributed by atoms with E-state index >= 15 is 0 Å². The lowest BCUT2D eigenvalue weighted by Gasteiger charge is -2.38. The Morgan fingerprint density at radius 3 is 2.05 bits per heavy atom. The van der Waals surface area contributed by atoms with Crippen LogP contribution in [0.4, 0.5) is 0 Å². The molecule has 41 heavy (non-hydrogen) atoms. The zero-order valence-electron chi connectivity index (χ0n) is 26.6. The number of hydrogen-bond acceptors (Lipinski definition) is 3. The molecule has 2 heterocycles. The van der Waals surface area contributed by atoms with Gasteiger partial charge in [-0.2, -0.15) is 0 Å². The van der Waals surface area contributed by atoms with Gasteiger partial charge in [-0.25, -0.2) is 9.97 Å². The Morgan fingerprint density at radius 2 is 1.41 bits per heavy atom. The van der Waals surface area contributed by atoms with Crippen molar-refractivity contribution in [1.82, 2.24) is 9.97 Å². The van der Waals surface area contributed by atoms with Crippen LogP contribution in [0.5, 0.6) is 0 Å². The number of thiophene rings is 1. The molecule has 0 spiro atoms. The molecular weight excluding hydrogens is 533 g/mol. The van der Waals surface area contributed by atoms with E-state index in [9.17, 15) is 0 Å². The van der Waals surface area contributed by atoms with Crippen LogP contribution in [0.25, 0.3) is 42.3 Å². The van der Waals surface area contributed by atoms with Gasteiger partial charge in [-0.3, -0.25) is 0 Å². The number of benzene rings is 3. The van der Waals surface area contributed by atoms with Crippen LogP contribution in [0, 0.1) is 23.2 Å². The summed E-state index contributed by atoms with van der Waals surface area (Å²) < 4.78 is 2.52. The molecule has 0 bridgehead atoms. The molecule has 0 unspecified atom stereocenters. The van der Waals surface area contributed by atoms with Crippen LogP contribution in [-0.4, -0.2) is 18.0 Å². The highest BCUT2D eigenvalue weighted by Crippen LogP contribution is 2.40. The minimum Gasteiger partial charge on any atom is -0.235 e.